The average Bonchev–Trinajstić information content (AvgIpc) is 3.29. The Hall–Kier alpha value is -1.26. The number of carbonyl (C=O) groups excluding carboxylic acids is 4. The van der Waals surface area contributed by atoms with Crippen LogP contribution in [0.5, 0.6) is 0 Å². The number of imide groups is 1. The van der Waals surface area contributed by atoms with Crippen molar-refractivity contribution in [3.63, 3.8) is 0 Å². The zero-order valence-corrected chi connectivity index (χ0v) is 20.7. The highest BCUT2D eigenvalue weighted by Crippen LogP contribution is 2.60. The van der Waals surface area contributed by atoms with Crippen molar-refractivity contribution in [1.82, 2.24) is 4.90 Å². The van der Waals surface area contributed by atoms with Gasteiger partial charge in [0.05, 0.1) is 11.8 Å². The smallest absolute Gasteiger partial charge is 0.326 e. The monoisotopic (exact) mass is 604 g/mol. The zero-order valence-electron chi connectivity index (χ0n) is 15.9. The maximum atomic E-state index is 12.8. The molecule has 30 heavy (non-hydrogen) atoms. The number of alkyl halides is 2. The second kappa shape index (κ2) is 8.35. The lowest BCUT2D eigenvalue weighted by atomic mass is 9.81. The van der Waals surface area contributed by atoms with Gasteiger partial charge in [-0.3, -0.25) is 24.1 Å². The topological polar surface area (TPSA) is 92.8 Å². The number of benzene rings is 1. The van der Waals surface area contributed by atoms with Crippen LogP contribution in [0.25, 0.3) is 0 Å². The number of nitrogens with one attached hydrogen (secondary N) is 1. The molecule has 1 aromatic carbocycles. The molecule has 3 amide bonds. The molecule has 4 rings (SSSR count). The Balaban J connectivity index is 1.32. The fourth-order valence-electron chi connectivity index (χ4n) is 4.84. The highest BCUT2D eigenvalue weighted by molar-refractivity contribution is 9.12. The number of ether oxygens (including phenoxy) is 1. The molecule has 10 heteroatoms. The van der Waals surface area contributed by atoms with E-state index in [1.165, 1.54) is 0 Å². The van der Waals surface area contributed by atoms with Crippen molar-refractivity contribution >= 4 is 77.2 Å². The van der Waals surface area contributed by atoms with Crippen molar-refractivity contribution in [2.75, 3.05) is 18.5 Å². The van der Waals surface area contributed by atoms with E-state index in [0.29, 0.717) is 5.69 Å². The van der Waals surface area contributed by atoms with Crippen LogP contribution >= 0.6 is 47.8 Å². The van der Waals surface area contributed by atoms with Crippen molar-refractivity contribution in [2.45, 2.75) is 23.0 Å². The second-order valence-corrected chi connectivity index (χ2v) is 11.0. The number of anilines is 1. The van der Waals surface area contributed by atoms with Gasteiger partial charge in [0.2, 0.25) is 11.8 Å². The van der Waals surface area contributed by atoms with Crippen LogP contribution in [-0.2, 0) is 23.9 Å². The highest BCUT2D eigenvalue weighted by Gasteiger charge is 2.66. The largest absolute Gasteiger partial charge is 0.454 e. The second-order valence-electron chi connectivity index (χ2n) is 7.93. The molecule has 3 fully saturated rings. The molecule has 6 atom stereocenters. The van der Waals surface area contributed by atoms with Crippen LogP contribution in [0.1, 0.15) is 12.0 Å². The first-order valence-corrected chi connectivity index (χ1v) is 12.2. The number of nitrogens with zero attached hydrogens (tertiary/aromatic N) is 1. The van der Waals surface area contributed by atoms with Crippen molar-refractivity contribution in [1.29, 1.82) is 0 Å². The van der Waals surface area contributed by atoms with Crippen molar-refractivity contribution in [3.8, 4) is 0 Å². The molecule has 2 saturated carbocycles. The van der Waals surface area contributed by atoms with Crippen LogP contribution in [0, 0.1) is 30.6 Å². The summed E-state index contributed by atoms with van der Waals surface area (Å²) in [6, 6.07) is 5.38. The quantitative estimate of drug-likeness (QED) is 0.316. The number of fused-ring (bicyclic) bond motifs is 5. The first-order valence-electron chi connectivity index (χ1n) is 9.54. The van der Waals surface area contributed by atoms with E-state index in [9.17, 15) is 19.2 Å². The molecule has 0 spiro atoms. The van der Waals surface area contributed by atoms with Gasteiger partial charge in [0.15, 0.2) is 6.61 Å². The Morgan fingerprint density at radius 3 is 2.30 bits per heavy atom. The summed E-state index contributed by atoms with van der Waals surface area (Å²) in [5.74, 6) is -2.48. The molecular weight excluding hydrogens is 588 g/mol. The lowest BCUT2D eigenvalue weighted by Crippen LogP contribution is -2.38. The van der Waals surface area contributed by atoms with Gasteiger partial charge in [-0.25, -0.2) is 0 Å². The molecule has 1 aromatic rings. The molecule has 1 N–H and O–H groups in total. The third kappa shape index (κ3) is 3.75. The number of amides is 3. The van der Waals surface area contributed by atoms with Crippen molar-refractivity contribution in [2.24, 2.45) is 23.7 Å². The number of esters is 1. The molecule has 1 saturated heterocycles. The minimum Gasteiger partial charge on any atom is -0.454 e. The first-order chi connectivity index (χ1) is 14.2. The zero-order chi connectivity index (χ0) is 21.7. The van der Waals surface area contributed by atoms with Gasteiger partial charge in [0.25, 0.3) is 5.91 Å². The Morgan fingerprint density at radius 1 is 1.13 bits per heavy atom. The van der Waals surface area contributed by atoms with E-state index in [-0.39, 0.29) is 45.1 Å². The fraction of sp³-hybridized carbons (Fsp3) is 0.500. The van der Waals surface area contributed by atoms with Gasteiger partial charge in [0, 0.05) is 19.8 Å². The van der Waals surface area contributed by atoms with Gasteiger partial charge in [-0.2, -0.15) is 0 Å². The van der Waals surface area contributed by atoms with Gasteiger partial charge < -0.3 is 10.1 Å². The van der Waals surface area contributed by atoms with Crippen LogP contribution in [0.2, 0.25) is 0 Å². The summed E-state index contributed by atoms with van der Waals surface area (Å²) in [7, 11) is 0. The molecule has 3 aliphatic rings. The SMILES string of the molecule is Cc1cc(Br)ccc1NC(=O)COC(=O)CN1C(=O)[C@@H]2[C@H]3C[C@@H]([C@H](Br)[C@@H]3Br)[C@@H]2C1=O. The summed E-state index contributed by atoms with van der Waals surface area (Å²) < 4.78 is 5.90. The standard InChI is InChI=1S/C20H19Br3N2O5/c1-8-4-9(21)2-3-12(8)24-13(26)7-30-14(27)6-25-19(28)15-10-5-11(16(15)20(25)29)18(23)17(10)22/h2-4,10-11,15-18H,5-7H2,1H3,(H,24,26)/t10-,11-,15-,16+,17-,18+/m1/s1. The summed E-state index contributed by atoms with van der Waals surface area (Å²) in [6.07, 6.45) is 0.826. The van der Waals surface area contributed by atoms with Gasteiger partial charge >= 0.3 is 5.97 Å². The fourth-order valence-corrected chi connectivity index (χ4v) is 7.19. The number of rotatable bonds is 5. The number of carbonyl (C=O) groups is 4. The van der Waals surface area contributed by atoms with Crippen LogP contribution < -0.4 is 5.32 Å². The average molecular weight is 607 g/mol. The van der Waals surface area contributed by atoms with Crippen LogP contribution in [-0.4, -0.2) is 51.4 Å². The molecule has 0 radical (unpaired) electrons. The number of likely N-dealkylation sites (tertiary alicyclic amines) is 1. The maximum absolute atomic E-state index is 12.8. The van der Waals surface area contributed by atoms with Crippen LogP contribution in [0.15, 0.2) is 22.7 Å². The van der Waals surface area contributed by atoms with E-state index in [2.05, 4.69) is 53.1 Å². The van der Waals surface area contributed by atoms with E-state index in [1.807, 2.05) is 13.0 Å². The molecular formula is C20H19Br3N2O5. The Bertz CT molecular complexity index is 907. The summed E-state index contributed by atoms with van der Waals surface area (Å²) in [5.41, 5.74) is 1.47. The molecule has 0 aromatic heterocycles. The number of halogens is 3. The molecule has 7 nitrogen and oxygen atoms in total. The molecule has 2 aliphatic carbocycles. The first kappa shape index (κ1) is 22.0. The molecule has 160 valence electrons. The van der Waals surface area contributed by atoms with E-state index in [4.69, 9.17) is 4.74 Å². The minimum absolute atomic E-state index is 0.0850. The lowest BCUT2D eigenvalue weighted by molar-refractivity contribution is -0.154. The predicted molar refractivity (Wildman–Crippen MR) is 119 cm³/mol. The van der Waals surface area contributed by atoms with Gasteiger partial charge in [-0.05, 0) is 48.9 Å². The molecule has 0 unspecified atom stereocenters. The van der Waals surface area contributed by atoms with Crippen LogP contribution in [0.3, 0.4) is 0 Å². The normalized spacial score (nSPS) is 31.8. The van der Waals surface area contributed by atoms with Gasteiger partial charge in [-0.15, -0.1) is 0 Å². The molecule has 1 aliphatic heterocycles. The predicted octanol–water partition coefficient (Wildman–Crippen LogP) is 3.02. The van der Waals surface area contributed by atoms with Crippen LogP contribution in [0.4, 0.5) is 5.69 Å². The highest BCUT2D eigenvalue weighted by atomic mass is 79.9. The Kier molecular flexibility index (Phi) is 6.11. The summed E-state index contributed by atoms with van der Waals surface area (Å²) in [5, 5.41) is 2.67. The Morgan fingerprint density at radius 2 is 1.73 bits per heavy atom. The van der Waals surface area contributed by atoms with Gasteiger partial charge in [-0.1, -0.05) is 47.8 Å². The summed E-state index contributed by atoms with van der Waals surface area (Å²) >= 11 is 10.6. The summed E-state index contributed by atoms with van der Waals surface area (Å²) in [6.45, 7) is 0.889. The maximum Gasteiger partial charge on any atom is 0.326 e. The lowest BCUT2D eigenvalue weighted by Gasteiger charge is -2.28. The third-order valence-corrected chi connectivity index (χ3v) is 9.89. The molecule has 2 bridgehead atoms. The van der Waals surface area contributed by atoms with E-state index >= 15 is 0 Å². The minimum atomic E-state index is -0.780. The summed E-state index contributed by atoms with van der Waals surface area (Å²) in [4.78, 5) is 51.2. The molecule has 1 heterocycles. The van der Waals surface area contributed by atoms with E-state index < -0.39 is 25.0 Å². The number of aryl methyl sites for hydroxylation is 1. The van der Waals surface area contributed by atoms with Gasteiger partial charge in [0.1, 0.15) is 6.54 Å². The van der Waals surface area contributed by atoms with E-state index in [1.54, 1.807) is 12.1 Å². The third-order valence-electron chi connectivity index (χ3n) is 6.19. The Labute approximate surface area is 198 Å². The van der Waals surface area contributed by atoms with Crippen molar-refractivity contribution < 1.29 is 23.9 Å². The number of hydrogen-bond acceptors (Lipinski definition) is 5. The van der Waals surface area contributed by atoms with Crippen molar-refractivity contribution in [3.05, 3.63) is 28.2 Å². The number of hydrogen-bond donors (Lipinski definition) is 1. The van der Waals surface area contributed by atoms with E-state index in [0.717, 1.165) is 21.4 Å².